The maximum absolute atomic E-state index is 10.7. The van der Waals surface area contributed by atoms with Crippen molar-refractivity contribution in [3.63, 3.8) is 0 Å². The quantitative estimate of drug-likeness (QED) is 0.904. The first-order chi connectivity index (χ1) is 9.42. The predicted molar refractivity (Wildman–Crippen MR) is 82.7 cm³/mol. The lowest BCUT2D eigenvalue weighted by Crippen LogP contribution is -2.24. The molecule has 1 N–H and O–H groups in total. The van der Waals surface area contributed by atoms with Crippen LogP contribution in [0.5, 0.6) is 5.75 Å². The summed E-state index contributed by atoms with van der Waals surface area (Å²) in [6.45, 7) is 1.77. The Hall–Kier alpha value is -1.22. The summed E-state index contributed by atoms with van der Waals surface area (Å²) >= 11 is 11.9. The Labute approximate surface area is 128 Å². The fourth-order valence-electron chi connectivity index (χ4n) is 2.11. The zero-order valence-electron chi connectivity index (χ0n) is 11.4. The molecule has 2 rings (SSSR count). The molecule has 0 amide bonds. The molecule has 106 valence electrons. The van der Waals surface area contributed by atoms with Gasteiger partial charge in [-0.05, 0) is 42.3 Å². The second-order valence-electron chi connectivity index (χ2n) is 4.93. The standard InChI is InChI=1S/C16H16Cl2O2/c1-16(19,12-4-3-5-13(9-12)20-2)10-11-6-7-14(17)15(18)8-11/h3-9,19H,10H2,1-2H3. The zero-order valence-corrected chi connectivity index (χ0v) is 12.9. The summed E-state index contributed by atoms with van der Waals surface area (Å²) in [4.78, 5) is 0. The van der Waals surface area contributed by atoms with E-state index in [1.807, 2.05) is 30.3 Å². The number of rotatable bonds is 4. The van der Waals surface area contributed by atoms with Gasteiger partial charge in [-0.15, -0.1) is 0 Å². The van der Waals surface area contributed by atoms with E-state index in [9.17, 15) is 5.11 Å². The third-order valence-corrected chi connectivity index (χ3v) is 3.96. The molecule has 0 spiro atoms. The normalized spacial score (nSPS) is 13.8. The first kappa shape index (κ1) is 15.2. The molecule has 1 atom stereocenters. The minimum Gasteiger partial charge on any atom is -0.497 e. The van der Waals surface area contributed by atoms with Crippen molar-refractivity contribution in [2.24, 2.45) is 0 Å². The molecule has 0 radical (unpaired) electrons. The number of benzene rings is 2. The van der Waals surface area contributed by atoms with Gasteiger partial charge in [0.25, 0.3) is 0 Å². The number of aliphatic hydroxyl groups is 1. The maximum Gasteiger partial charge on any atom is 0.119 e. The molecule has 4 heteroatoms. The minimum absolute atomic E-state index is 0.442. The highest BCUT2D eigenvalue weighted by atomic mass is 35.5. The van der Waals surface area contributed by atoms with Crippen molar-refractivity contribution >= 4 is 23.2 Å². The summed E-state index contributed by atoms with van der Waals surface area (Å²) in [5.74, 6) is 0.719. The second kappa shape index (κ2) is 6.04. The van der Waals surface area contributed by atoms with Crippen LogP contribution in [0.1, 0.15) is 18.1 Å². The van der Waals surface area contributed by atoms with Crippen molar-refractivity contribution in [3.8, 4) is 5.75 Å². The van der Waals surface area contributed by atoms with Crippen LogP contribution in [0.2, 0.25) is 10.0 Å². The Morgan fingerprint density at radius 1 is 1.10 bits per heavy atom. The number of halogens is 2. The van der Waals surface area contributed by atoms with Crippen LogP contribution in [-0.4, -0.2) is 12.2 Å². The molecule has 20 heavy (non-hydrogen) atoms. The molecule has 0 aliphatic rings. The van der Waals surface area contributed by atoms with Gasteiger partial charge in [-0.3, -0.25) is 0 Å². The fraction of sp³-hybridized carbons (Fsp3) is 0.250. The predicted octanol–water partition coefficient (Wildman–Crippen LogP) is 4.45. The van der Waals surface area contributed by atoms with E-state index in [2.05, 4.69) is 0 Å². The SMILES string of the molecule is COc1cccc(C(C)(O)Cc2ccc(Cl)c(Cl)c2)c1. The number of ether oxygens (including phenoxy) is 1. The molecule has 0 aliphatic carbocycles. The van der Waals surface area contributed by atoms with Crippen molar-refractivity contribution in [3.05, 3.63) is 63.6 Å². The Morgan fingerprint density at radius 3 is 2.50 bits per heavy atom. The van der Waals surface area contributed by atoms with Crippen LogP contribution in [0.25, 0.3) is 0 Å². The van der Waals surface area contributed by atoms with Crippen LogP contribution in [0, 0.1) is 0 Å². The lowest BCUT2D eigenvalue weighted by atomic mass is 9.89. The average molecular weight is 311 g/mol. The van der Waals surface area contributed by atoms with Crippen molar-refractivity contribution in [2.45, 2.75) is 18.9 Å². The summed E-state index contributed by atoms with van der Waals surface area (Å²) in [5.41, 5.74) is 0.709. The van der Waals surface area contributed by atoms with Crippen LogP contribution >= 0.6 is 23.2 Å². The molecule has 0 aromatic heterocycles. The highest BCUT2D eigenvalue weighted by Gasteiger charge is 2.24. The largest absolute Gasteiger partial charge is 0.497 e. The summed E-state index contributed by atoms with van der Waals surface area (Å²) < 4.78 is 5.19. The van der Waals surface area contributed by atoms with Crippen LogP contribution < -0.4 is 4.74 Å². The first-order valence-electron chi connectivity index (χ1n) is 6.23. The molecule has 0 saturated heterocycles. The molecular weight excluding hydrogens is 295 g/mol. The molecule has 0 aliphatic heterocycles. The molecule has 2 aromatic carbocycles. The van der Waals surface area contributed by atoms with E-state index in [0.29, 0.717) is 16.5 Å². The molecule has 0 fully saturated rings. The Bertz CT molecular complexity index is 609. The molecule has 1 unspecified atom stereocenters. The number of hydrogen-bond acceptors (Lipinski definition) is 2. The van der Waals surface area contributed by atoms with E-state index in [4.69, 9.17) is 27.9 Å². The molecule has 0 bridgehead atoms. The maximum atomic E-state index is 10.7. The number of hydrogen-bond donors (Lipinski definition) is 1. The minimum atomic E-state index is -1.01. The topological polar surface area (TPSA) is 29.5 Å². The van der Waals surface area contributed by atoms with Gasteiger partial charge in [0.15, 0.2) is 0 Å². The van der Waals surface area contributed by atoms with Crippen molar-refractivity contribution in [1.82, 2.24) is 0 Å². The van der Waals surface area contributed by atoms with Crippen LogP contribution in [-0.2, 0) is 12.0 Å². The fourth-order valence-corrected chi connectivity index (χ4v) is 2.43. The smallest absolute Gasteiger partial charge is 0.119 e. The highest BCUT2D eigenvalue weighted by molar-refractivity contribution is 6.42. The van der Waals surface area contributed by atoms with Gasteiger partial charge in [-0.25, -0.2) is 0 Å². The molecule has 0 heterocycles. The Morgan fingerprint density at radius 2 is 1.85 bits per heavy atom. The van der Waals surface area contributed by atoms with E-state index < -0.39 is 5.60 Å². The van der Waals surface area contributed by atoms with Gasteiger partial charge in [0.2, 0.25) is 0 Å². The van der Waals surface area contributed by atoms with E-state index >= 15 is 0 Å². The molecule has 0 saturated carbocycles. The molecule has 2 nitrogen and oxygen atoms in total. The third-order valence-electron chi connectivity index (χ3n) is 3.22. The van der Waals surface area contributed by atoms with Crippen LogP contribution in [0.3, 0.4) is 0 Å². The van der Waals surface area contributed by atoms with Gasteiger partial charge in [0.1, 0.15) is 5.75 Å². The Kier molecular flexibility index (Phi) is 4.59. The van der Waals surface area contributed by atoms with Gasteiger partial charge in [0, 0.05) is 6.42 Å². The highest BCUT2D eigenvalue weighted by Crippen LogP contribution is 2.30. The summed E-state index contributed by atoms with van der Waals surface area (Å²) in [5, 5.41) is 11.7. The van der Waals surface area contributed by atoms with Crippen LogP contribution in [0.4, 0.5) is 0 Å². The Balaban J connectivity index is 2.27. The van der Waals surface area contributed by atoms with Gasteiger partial charge < -0.3 is 9.84 Å². The van der Waals surface area contributed by atoms with Gasteiger partial charge in [-0.1, -0.05) is 41.4 Å². The lowest BCUT2D eigenvalue weighted by Gasteiger charge is -2.24. The van der Waals surface area contributed by atoms with Crippen LogP contribution in [0.15, 0.2) is 42.5 Å². The van der Waals surface area contributed by atoms with E-state index in [0.717, 1.165) is 16.9 Å². The van der Waals surface area contributed by atoms with E-state index in [-0.39, 0.29) is 0 Å². The van der Waals surface area contributed by atoms with Gasteiger partial charge >= 0.3 is 0 Å². The molecule has 2 aromatic rings. The molecular formula is C16H16Cl2O2. The first-order valence-corrected chi connectivity index (χ1v) is 6.99. The van der Waals surface area contributed by atoms with E-state index in [1.165, 1.54) is 0 Å². The van der Waals surface area contributed by atoms with Crippen molar-refractivity contribution in [1.29, 1.82) is 0 Å². The average Bonchev–Trinajstić information content (AvgIpc) is 2.43. The van der Waals surface area contributed by atoms with Gasteiger partial charge in [-0.2, -0.15) is 0 Å². The number of methoxy groups -OCH3 is 1. The van der Waals surface area contributed by atoms with Crippen molar-refractivity contribution < 1.29 is 9.84 Å². The van der Waals surface area contributed by atoms with E-state index in [1.54, 1.807) is 26.2 Å². The van der Waals surface area contributed by atoms with Crippen molar-refractivity contribution in [2.75, 3.05) is 7.11 Å². The third kappa shape index (κ3) is 3.45. The van der Waals surface area contributed by atoms with Gasteiger partial charge in [0.05, 0.1) is 22.8 Å². The summed E-state index contributed by atoms with van der Waals surface area (Å²) in [7, 11) is 1.60. The monoisotopic (exact) mass is 310 g/mol. The summed E-state index contributed by atoms with van der Waals surface area (Å²) in [6.07, 6.45) is 0.442. The second-order valence-corrected chi connectivity index (χ2v) is 5.75. The zero-order chi connectivity index (χ0) is 14.8. The lowest BCUT2D eigenvalue weighted by molar-refractivity contribution is 0.0574. The summed E-state index contributed by atoms with van der Waals surface area (Å²) in [6, 6.07) is 12.8.